The standard InChI is InChI=1S/C23H26N6S/c1-2-4-21-18(3-1)5-6-22(28-21)26-14-17-8-11-29(12-9-17)23-25-10-7-19(27-23)13-20-15-24-16-30-20/h1-7,10,13,17,24H,8-9,11-12,14-16H2,(H,26,28)/b20-13-. The van der Waals surface area contributed by atoms with Crippen LogP contribution in [0.5, 0.6) is 0 Å². The van der Waals surface area contributed by atoms with Crippen LogP contribution in [-0.2, 0) is 0 Å². The molecule has 2 aliphatic rings. The average Bonchev–Trinajstić information content (AvgIpc) is 3.31. The second-order valence-corrected chi connectivity index (χ2v) is 8.91. The monoisotopic (exact) mass is 418 g/mol. The minimum absolute atomic E-state index is 0.640. The van der Waals surface area contributed by atoms with Crippen LogP contribution in [0, 0.1) is 5.92 Å². The Hall–Kier alpha value is -2.64. The molecule has 0 aliphatic carbocycles. The summed E-state index contributed by atoms with van der Waals surface area (Å²) in [5, 5.41) is 8.05. The Kier molecular flexibility index (Phi) is 5.81. The number of piperidine rings is 1. The van der Waals surface area contributed by atoms with Crippen molar-refractivity contribution in [1.29, 1.82) is 0 Å². The zero-order chi connectivity index (χ0) is 20.2. The molecule has 3 aromatic rings. The molecule has 7 heteroatoms. The molecule has 154 valence electrons. The third-order valence-corrected chi connectivity index (χ3v) is 6.68. The van der Waals surface area contributed by atoms with Gasteiger partial charge in [-0.1, -0.05) is 18.2 Å². The number of aromatic nitrogens is 3. The van der Waals surface area contributed by atoms with Gasteiger partial charge in [-0.3, -0.25) is 0 Å². The first-order valence-electron chi connectivity index (χ1n) is 10.6. The Morgan fingerprint density at radius 1 is 1.10 bits per heavy atom. The van der Waals surface area contributed by atoms with Gasteiger partial charge in [0.2, 0.25) is 5.95 Å². The number of rotatable bonds is 5. The maximum absolute atomic E-state index is 4.78. The molecule has 2 N–H and O–H groups in total. The van der Waals surface area contributed by atoms with Crippen LogP contribution >= 0.6 is 11.8 Å². The second-order valence-electron chi connectivity index (χ2n) is 7.81. The number of thioether (sulfide) groups is 1. The molecule has 0 saturated carbocycles. The highest BCUT2D eigenvalue weighted by molar-refractivity contribution is 8.03. The highest BCUT2D eigenvalue weighted by Gasteiger charge is 2.21. The topological polar surface area (TPSA) is 66.0 Å². The lowest BCUT2D eigenvalue weighted by Gasteiger charge is -2.32. The molecule has 2 aliphatic heterocycles. The van der Waals surface area contributed by atoms with Crippen LogP contribution < -0.4 is 15.5 Å². The Balaban J connectivity index is 1.16. The van der Waals surface area contributed by atoms with Crippen LogP contribution in [0.3, 0.4) is 0 Å². The molecule has 0 radical (unpaired) electrons. The van der Waals surface area contributed by atoms with E-state index in [2.05, 4.69) is 50.9 Å². The van der Waals surface area contributed by atoms with E-state index in [-0.39, 0.29) is 0 Å². The maximum atomic E-state index is 4.78. The van der Waals surface area contributed by atoms with E-state index in [4.69, 9.17) is 9.97 Å². The van der Waals surface area contributed by atoms with E-state index < -0.39 is 0 Å². The molecule has 6 nitrogen and oxygen atoms in total. The lowest BCUT2D eigenvalue weighted by atomic mass is 9.97. The van der Waals surface area contributed by atoms with Gasteiger partial charge in [-0.15, -0.1) is 11.8 Å². The number of anilines is 2. The summed E-state index contributed by atoms with van der Waals surface area (Å²) in [7, 11) is 0. The van der Waals surface area contributed by atoms with Crippen LogP contribution in [-0.4, -0.2) is 47.0 Å². The van der Waals surface area contributed by atoms with Gasteiger partial charge in [0.25, 0.3) is 0 Å². The first-order valence-corrected chi connectivity index (χ1v) is 11.5. The average molecular weight is 419 g/mol. The van der Waals surface area contributed by atoms with Crippen molar-refractivity contribution in [3.8, 4) is 0 Å². The van der Waals surface area contributed by atoms with E-state index in [0.29, 0.717) is 5.92 Å². The highest BCUT2D eigenvalue weighted by Crippen LogP contribution is 2.24. The van der Waals surface area contributed by atoms with Gasteiger partial charge in [0, 0.05) is 48.5 Å². The van der Waals surface area contributed by atoms with Crippen molar-refractivity contribution in [2.75, 3.05) is 42.3 Å². The summed E-state index contributed by atoms with van der Waals surface area (Å²) in [6.45, 7) is 3.88. The van der Waals surface area contributed by atoms with Crippen molar-refractivity contribution in [2.45, 2.75) is 12.8 Å². The summed E-state index contributed by atoms with van der Waals surface area (Å²) < 4.78 is 0. The minimum atomic E-state index is 0.640. The number of hydrogen-bond acceptors (Lipinski definition) is 7. The summed E-state index contributed by atoms with van der Waals surface area (Å²) in [5.41, 5.74) is 2.04. The van der Waals surface area contributed by atoms with E-state index in [9.17, 15) is 0 Å². The summed E-state index contributed by atoms with van der Waals surface area (Å²) in [6, 6.07) is 14.4. The molecule has 1 aromatic carbocycles. The number of fused-ring (bicyclic) bond motifs is 1. The molecule has 4 heterocycles. The van der Waals surface area contributed by atoms with Gasteiger partial charge in [0.15, 0.2) is 0 Å². The first-order chi connectivity index (χ1) is 14.8. The molecule has 2 saturated heterocycles. The lowest BCUT2D eigenvalue weighted by molar-refractivity contribution is 0.419. The zero-order valence-corrected chi connectivity index (χ0v) is 17.7. The minimum Gasteiger partial charge on any atom is -0.370 e. The predicted octanol–water partition coefficient (Wildman–Crippen LogP) is 3.99. The van der Waals surface area contributed by atoms with Crippen LogP contribution in [0.25, 0.3) is 17.0 Å². The molecule has 2 aromatic heterocycles. The molecular formula is C23H26N6S. The van der Waals surface area contributed by atoms with Gasteiger partial charge >= 0.3 is 0 Å². The van der Waals surface area contributed by atoms with Crippen LogP contribution in [0.4, 0.5) is 11.8 Å². The SMILES string of the molecule is C(=C1\CNCS1)/c1ccnc(N2CCC(CNc3ccc4ccccc4n3)CC2)n1. The zero-order valence-electron chi connectivity index (χ0n) is 16.9. The van der Waals surface area contributed by atoms with Gasteiger partial charge < -0.3 is 15.5 Å². The first kappa shape index (κ1) is 19.3. The predicted molar refractivity (Wildman–Crippen MR) is 126 cm³/mol. The van der Waals surface area contributed by atoms with Crippen molar-refractivity contribution in [2.24, 2.45) is 5.92 Å². The molecule has 30 heavy (non-hydrogen) atoms. The molecule has 2 fully saturated rings. The Morgan fingerprint density at radius 2 is 2.00 bits per heavy atom. The fourth-order valence-corrected chi connectivity index (χ4v) is 4.77. The molecular weight excluding hydrogens is 392 g/mol. The smallest absolute Gasteiger partial charge is 0.225 e. The normalized spacial score (nSPS) is 18.9. The largest absolute Gasteiger partial charge is 0.370 e. The van der Waals surface area contributed by atoms with E-state index in [0.717, 1.165) is 67.9 Å². The number of para-hydroxylation sites is 1. The molecule has 5 rings (SSSR count). The van der Waals surface area contributed by atoms with E-state index in [1.807, 2.05) is 36.2 Å². The molecule has 0 bridgehead atoms. The lowest BCUT2D eigenvalue weighted by Crippen LogP contribution is -2.37. The number of hydrogen-bond donors (Lipinski definition) is 2. The number of benzene rings is 1. The number of pyridine rings is 1. The van der Waals surface area contributed by atoms with Crippen molar-refractivity contribution in [1.82, 2.24) is 20.3 Å². The van der Waals surface area contributed by atoms with E-state index in [1.54, 1.807) is 0 Å². The van der Waals surface area contributed by atoms with Gasteiger partial charge in [-0.2, -0.15) is 0 Å². The Labute approximate surface area is 181 Å². The van der Waals surface area contributed by atoms with Crippen molar-refractivity contribution >= 4 is 40.5 Å². The summed E-state index contributed by atoms with van der Waals surface area (Å²) >= 11 is 1.85. The number of nitrogens with zero attached hydrogens (tertiary/aromatic N) is 4. The van der Waals surface area contributed by atoms with Crippen molar-refractivity contribution in [3.63, 3.8) is 0 Å². The molecule has 0 atom stereocenters. The summed E-state index contributed by atoms with van der Waals surface area (Å²) in [5.74, 6) is 3.43. The van der Waals surface area contributed by atoms with Crippen LogP contribution in [0.1, 0.15) is 18.5 Å². The van der Waals surface area contributed by atoms with Gasteiger partial charge in [-0.25, -0.2) is 15.0 Å². The molecule has 0 amide bonds. The Bertz CT molecular complexity index is 1040. The maximum Gasteiger partial charge on any atom is 0.225 e. The van der Waals surface area contributed by atoms with Gasteiger partial charge in [0.05, 0.1) is 11.2 Å². The quantitative estimate of drug-likeness (QED) is 0.649. The molecule has 0 spiro atoms. The highest BCUT2D eigenvalue weighted by atomic mass is 32.2. The van der Waals surface area contributed by atoms with Crippen molar-refractivity contribution in [3.05, 3.63) is 59.3 Å². The summed E-state index contributed by atoms with van der Waals surface area (Å²) in [4.78, 5) is 17.7. The summed E-state index contributed by atoms with van der Waals surface area (Å²) in [6.07, 6.45) is 6.31. The van der Waals surface area contributed by atoms with E-state index in [1.165, 1.54) is 10.3 Å². The third kappa shape index (κ3) is 4.57. The number of nitrogens with one attached hydrogen (secondary N) is 2. The third-order valence-electron chi connectivity index (χ3n) is 5.70. The van der Waals surface area contributed by atoms with Crippen molar-refractivity contribution < 1.29 is 0 Å². The fourth-order valence-electron chi connectivity index (χ4n) is 3.97. The van der Waals surface area contributed by atoms with Gasteiger partial charge in [0.1, 0.15) is 5.82 Å². The second kappa shape index (κ2) is 9.02. The van der Waals surface area contributed by atoms with Crippen LogP contribution in [0.15, 0.2) is 53.6 Å². The van der Waals surface area contributed by atoms with Crippen LogP contribution in [0.2, 0.25) is 0 Å². The van der Waals surface area contributed by atoms with E-state index >= 15 is 0 Å². The fraction of sp³-hybridized carbons (Fsp3) is 0.348. The van der Waals surface area contributed by atoms with Gasteiger partial charge in [-0.05, 0) is 49.1 Å². The molecule has 0 unspecified atom stereocenters. The Morgan fingerprint density at radius 3 is 2.87 bits per heavy atom.